The number of benzene rings is 2. The Morgan fingerprint density at radius 1 is 1.00 bits per heavy atom. The fourth-order valence-electron chi connectivity index (χ4n) is 5.53. The molecule has 2 bridgehead atoms. The van der Waals surface area contributed by atoms with Crippen LogP contribution in [0.3, 0.4) is 0 Å². The Kier molecular flexibility index (Phi) is 4.76. The summed E-state index contributed by atoms with van der Waals surface area (Å²) in [7, 11) is 0. The summed E-state index contributed by atoms with van der Waals surface area (Å²) in [6.45, 7) is 9.70. The van der Waals surface area contributed by atoms with Crippen LogP contribution in [0.5, 0.6) is 0 Å². The molecule has 1 aliphatic heterocycles. The van der Waals surface area contributed by atoms with E-state index in [4.69, 9.17) is 0 Å². The Bertz CT molecular complexity index is 948. The zero-order chi connectivity index (χ0) is 20.8. The summed E-state index contributed by atoms with van der Waals surface area (Å²) in [6, 6.07) is 15.1. The average Bonchev–Trinajstić information content (AvgIpc) is 2.91. The third kappa shape index (κ3) is 3.93. The van der Waals surface area contributed by atoms with Gasteiger partial charge in [0.2, 0.25) is 0 Å². The second-order valence-corrected chi connectivity index (χ2v) is 10.0. The van der Waals surface area contributed by atoms with Gasteiger partial charge in [0.05, 0.1) is 11.3 Å². The first-order valence-electron chi connectivity index (χ1n) is 10.4. The lowest BCUT2D eigenvalue weighted by Crippen LogP contribution is -2.38. The molecule has 1 saturated carbocycles. The van der Waals surface area contributed by atoms with Crippen LogP contribution in [0.25, 0.3) is 0 Å². The molecule has 0 radical (unpaired) electrons. The Morgan fingerprint density at radius 3 is 2.41 bits per heavy atom. The van der Waals surface area contributed by atoms with Crippen LogP contribution in [0.2, 0.25) is 0 Å². The third-order valence-electron chi connectivity index (χ3n) is 6.40. The Labute approximate surface area is 173 Å². The predicted molar refractivity (Wildman–Crippen MR) is 116 cm³/mol. The molecule has 1 N–H and O–H groups in total. The van der Waals surface area contributed by atoms with Crippen LogP contribution in [0, 0.1) is 17.8 Å². The number of likely N-dealkylation sites (tertiary alicyclic amines) is 1. The summed E-state index contributed by atoms with van der Waals surface area (Å²) in [6.07, 6.45) is 3.25. The summed E-state index contributed by atoms with van der Waals surface area (Å²) in [5.41, 5.74) is 3.28. The molecule has 1 heterocycles. The number of aryl methyl sites for hydroxylation is 1. The second kappa shape index (κ2) is 7.01. The zero-order valence-electron chi connectivity index (χ0n) is 17.8. The fraction of sp³-hybridized carbons (Fsp3) is 0.440. The highest BCUT2D eigenvalue weighted by atomic mass is 16.2. The van der Waals surface area contributed by atoms with E-state index in [-0.39, 0.29) is 28.7 Å². The first kappa shape index (κ1) is 19.7. The van der Waals surface area contributed by atoms with Crippen LogP contribution in [0.15, 0.2) is 48.5 Å². The molecule has 4 rings (SSSR count). The van der Waals surface area contributed by atoms with E-state index in [9.17, 15) is 9.59 Å². The summed E-state index contributed by atoms with van der Waals surface area (Å²) >= 11 is 0. The van der Waals surface area contributed by atoms with Crippen LogP contribution in [-0.4, -0.2) is 29.3 Å². The van der Waals surface area contributed by atoms with Gasteiger partial charge in [0.25, 0.3) is 11.8 Å². The zero-order valence-corrected chi connectivity index (χ0v) is 17.8. The quantitative estimate of drug-likeness (QED) is 0.774. The predicted octanol–water partition coefficient (Wildman–Crippen LogP) is 5.29. The Morgan fingerprint density at radius 2 is 1.69 bits per heavy atom. The maximum atomic E-state index is 13.5. The van der Waals surface area contributed by atoms with E-state index in [1.165, 1.54) is 0 Å². The average molecular weight is 391 g/mol. The van der Waals surface area contributed by atoms with E-state index in [0.29, 0.717) is 16.8 Å². The normalized spacial score (nSPS) is 25.0. The van der Waals surface area contributed by atoms with Crippen molar-refractivity contribution in [1.82, 2.24) is 4.90 Å². The van der Waals surface area contributed by atoms with Gasteiger partial charge in [-0.2, -0.15) is 0 Å². The van der Waals surface area contributed by atoms with Crippen molar-refractivity contribution in [2.75, 3.05) is 11.9 Å². The number of para-hydroxylation sites is 1. The Hall–Kier alpha value is -2.62. The van der Waals surface area contributed by atoms with Crippen LogP contribution in [0.1, 0.15) is 66.3 Å². The topological polar surface area (TPSA) is 49.4 Å². The van der Waals surface area contributed by atoms with Crippen LogP contribution in [0.4, 0.5) is 5.69 Å². The molecular weight excluding hydrogens is 360 g/mol. The number of anilines is 1. The molecule has 1 aliphatic carbocycles. The minimum atomic E-state index is -0.196. The molecule has 2 amide bonds. The highest BCUT2D eigenvalue weighted by Crippen LogP contribution is 2.52. The number of nitrogens with one attached hydrogen (secondary N) is 1. The minimum absolute atomic E-state index is 0.0243. The number of hydrogen-bond acceptors (Lipinski definition) is 2. The van der Waals surface area contributed by atoms with Gasteiger partial charge in [-0.3, -0.25) is 9.59 Å². The SMILES string of the molecule is Cc1ccc(C(=O)Nc2ccccc2C(=O)N2C[C@]3(C)C[C@@H]2CC(C)(C)C3)cc1. The molecule has 0 spiro atoms. The molecule has 2 aromatic carbocycles. The van der Waals surface area contributed by atoms with Gasteiger partial charge in [-0.1, -0.05) is 50.6 Å². The fourth-order valence-corrected chi connectivity index (χ4v) is 5.53. The van der Waals surface area contributed by atoms with E-state index in [1.807, 2.05) is 60.4 Å². The second-order valence-electron chi connectivity index (χ2n) is 10.0. The van der Waals surface area contributed by atoms with Crippen LogP contribution in [-0.2, 0) is 0 Å². The molecule has 152 valence electrons. The molecule has 2 aliphatic rings. The molecule has 2 aromatic rings. The van der Waals surface area contributed by atoms with Gasteiger partial charge in [0.15, 0.2) is 0 Å². The van der Waals surface area contributed by atoms with E-state index in [0.717, 1.165) is 31.4 Å². The smallest absolute Gasteiger partial charge is 0.256 e. The van der Waals surface area contributed by atoms with Crippen molar-refractivity contribution in [2.45, 2.75) is 53.0 Å². The van der Waals surface area contributed by atoms with E-state index < -0.39 is 0 Å². The summed E-state index contributed by atoms with van der Waals surface area (Å²) in [4.78, 5) is 28.3. The van der Waals surface area contributed by atoms with Gasteiger partial charge in [-0.15, -0.1) is 0 Å². The molecule has 2 atom stereocenters. The number of carbonyl (C=O) groups excluding carboxylic acids is 2. The highest BCUT2D eigenvalue weighted by Gasteiger charge is 2.51. The molecule has 2 fully saturated rings. The third-order valence-corrected chi connectivity index (χ3v) is 6.40. The standard InChI is InChI=1S/C25H30N2O2/c1-17-9-11-18(12-10-17)22(28)26-21-8-6-5-7-20(21)23(29)27-16-25(4)14-19(27)13-24(2,3)15-25/h5-12,19H,13-16H2,1-4H3,(H,26,28)/t19-,25+/m0/s1. The van der Waals surface area contributed by atoms with Crippen molar-refractivity contribution in [1.29, 1.82) is 0 Å². The highest BCUT2D eigenvalue weighted by molar-refractivity contribution is 6.09. The van der Waals surface area contributed by atoms with Gasteiger partial charge in [0, 0.05) is 18.2 Å². The van der Waals surface area contributed by atoms with Crippen molar-refractivity contribution < 1.29 is 9.59 Å². The first-order valence-corrected chi connectivity index (χ1v) is 10.4. The van der Waals surface area contributed by atoms with Crippen LogP contribution >= 0.6 is 0 Å². The monoisotopic (exact) mass is 390 g/mol. The van der Waals surface area contributed by atoms with Gasteiger partial charge in [0.1, 0.15) is 0 Å². The van der Waals surface area contributed by atoms with Crippen molar-refractivity contribution >= 4 is 17.5 Å². The van der Waals surface area contributed by atoms with Gasteiger partial charge in [-0.05, 0) is 61.3 Å². The van der Waals surface area contributed by atoms with Crippen molar-refractivity contribution in [3.63, 3.8) is 0 Å². The molecule has 1 saturated heterocycles. The van der Waals surface area contributed by atoms with E-state index >= 15 is 0 Å². The maximum absolute atomic E-state index is 13.5. The minimum Gasteiger partial charge on any atom is -0.335 e. The molecule has 4 heteroatoms. The van der Waals surface area contributed by atoms with Crippen LogP contribution < -0.4 is 5.32 Å². The Balaban J connectivity index is 1.58. The lowest BCUT2D eigenvalue weighted by Gasteiger charge is -2.39. The number of fused-ring (bicyclic) bond motifs is 2. The van der Waals surface area contributed by atoms with E-state index in [1.54, 1.807) is 0 Å². The molecule has 29 heavy (non-hydrogen) atoms. The molecule has 0 aromatic heterocycles. The van der Waals surface area contributed by atoms with Crippen molar-refractivity contribution in [3.05, 3.63) is 65.2 Å². The number of nitrogens with zero attached hydrogens (tertiary/aromatic N) is 1. The lowest BCUT2D eigenvalue weighted by molar-refractivity contribution is 0.0709. The number of hydrogen-bond donors (Lipinski definition) is 1. The number of rotatable bonds is 3. The first-order chi connectivity index (χ1) is 13.7. The van der Waals surface area contributed by atoms with E-state index in [2.05, 4.69) is 26.1 Å². The van der Waals surface area contributed by atoms with Gasteiger partial charge in [-0.25, -0.2) is 0 Å². The molecule has 4 nitrogen and oxygen atoms in total. The summed E-state index contributed by atoms with van der Waals surface area (Å²) in [5.74, 6) is -0.172. The maximum Gasteiger partial charge on any atom is 0.256 e. The summed E-state index contributed by atoms with van der Waals surface area (Å²) in [5, 5.41) is 2.95. The van der Waals surface area contributed by atoms with Gasteiger partial charge >= 0.3 is 0 Å². The van der Waals surface area contributed by atoms with Crippen molar-refractivity contribution in [3.8, 4) is 0 Å². The van der Waals surface area contributed by atoms with Crippen molar-refractivity contribution in [2.24, 2.45) is 10.8 Å². The van der Waals surface area contributed by atoms with Gasteiger partial charge < -0.3 is 10.2 Å². The number of amides is 2. The molecular formula is C25H30N2O2. The largest absolute Gasteiger partial charge is 0.335 e. The number of carbonyl (C=O) groups is 2. The summed E-state index contributed by atoms with van der Waals surface area (Å²) < 4.78 is 0. The lowest BCUT2D eigenvalue weighted by atomic mass is 9.65. The molecule has 0 unspecified atom stereocenters.